The van der Waals surface area contributed by atoms with Gasteiger partial charge < -0.3 is 19.4 Å². The van der Waals surface area contributed by atoms with E-state index in [1.165, 1.54) is 48.4 Å². The van der Waals surface area contributed by atoms with Crippen LogP contribution in [0.4, 0.5) is 0 Å². The van der Waals surface area contributed by atoms with Crippen molar-refractivity contribution in [2.45, 2.75) is 79.1 Å². The summed E-state index contributed by atoms with van der Waals surface area (Å²) in [5.41, 5.74) is 5.83. The van der Waals surface area contributed by atoms with Crippen molar-refractivity contribution < 1.29 is 9.47 Å². The van der Waals surface area contributed by atoms with Crippen molar-refractivity contribution in [1.82, 2.24) is 19.9 Å². The number of nitriles is 2. The van der Waals surface area contributed by atoms with Crippen molar-refractivity contribution in [3.63, 3.8) is 0 Å². The van der Waals surface area contributed by atoms with Gasteiger partial charge in [-0.15, -0.1) is 22.7 Å². The van der Waals surface area contributed by atoms with Gasteiger partial charge in [-0.3, -0.25) is 0 Å². The van der Waals surface area contributed by atoms with E-state index in [0.29, 0.717) is 56.9 Å². The molecule has 314 valence electrons. The Morgan fingerprint density at radius 3 is 1.34 bits per heavy atom. The van der Waals surface area contributed by atoms with E-state index < -0.39 is 0 Å². The highest BCUT2D eigenvalue weighted by Gasteiger charge is 2.24. The molecule has 0 aliphatic carbocycles. The molecular weight excluding hydrogens is 805 g/mol. The van der Waals surface area contributed by atoms with E-state index >= 15 is 0 Å². The summed E-state index contributed by atoms with van der Waals surface area (Å²) in [6.07, 6.45) is 9.19. The van der Waals surface area contributed by atoms with Gasteiger partial charge in [0.2, 0.25) is 0 Å². The monoisotopic (exact) mass is 856 g/mol. The minimum atomic E-state index is 0.419. The Hall–Kier alpha value is -6.20. The molecule has 8 aromatic rings. The molecule has 0 fully saturated rings. The second kappa shape index (κ2) is 19.7. The van der Waals surface area contributed by atoms with Crippen LogP contribution in [0.1, 0.15) is 89.1 Å². The second-order valence-electron chi connectivity index (χ2n) is 16.0. The molecule has 0 saturated carbocycles. The number of hydrogen-bond acceptors (Lipinski definition) is 8. The van der Waals surface area contributed by atoms with Crippen molar-refractivity contribution in [3.8, 4) is 46.2 Å². The molecule has 0 bridgehead atoms. The van der Waals surface area contributed by atoms with Crippen LogP contribution in [-0.2, 0) is 0 Å². The fraction of sp³-hybridized carbons (Fsp3) is 0.308. The first kappa shape index (κ1) is 42.5. The van der Waals surface area contributed by atoms with Gasteiger partial charge >= 0.3 is 0 Å². The number of H-pyrrole nitrogens is 2. The van der Waals surface area contributed by atoms with E-state index in [4.69, 9.17) is 19.4 Å². The molecule has 62 heavy (non-hydrogen) atoms. The third-order valence-corrected chi connectivity index (χ3v) is 13.9. The van der Waals surface area contributed by atoms with Gasteiger partial charge in [0.15, 0.2) is 0 Å². The highest BCUT2D eigenvalue weighted by molar-refractivity contribution is 7.20. The summed E-state index contributed by atoms with van der Waals surface area (Å²) in [4.78, 5) is 17.4. The normalized spacial score (nSPS) is 13.5. The van der Waals surface area contributed by atoms with Crippen molar-refractivity contribution in [2.75, 3.05) is 13.2 Å². The van der Waals surface area contributed by atoms with Crippen LogP contribution >= 0.6 is 22.7 Å². The van der Waals surface area contributed by atoms with Gasteiger partial charge in [0.05, 0.1) is 55.7 Å². The lowest BCUT2D eigenvalue weighted by molar-refractivity contribution is 0.233. The van der Waals surface area contributed by atoms with Crippen LogP contribution < -0.4 is 20.2 Å². The number of benzene rings is 4. The molecule has 0 aliphatic heterocycles. The zero-order chi connectivity index (χ0) is 43.0. The molecule has 0 saturated heterocycles. The number of aromatic amines is 2. The number of fused-ring (bicyclic) bond motifs is 3. The highest BCUT2D eigenvalue weighted by Crippen LogP contribution is 2.35. The quantitative estimate of drug-likeness (QED) is 0.0886. The van der Waals surface area contributed by atoms with Gasteiger partial charge in [0.25, 0.3) is 0 Å². The number of para-hydroxylation sites is 2. The van der Waals surface area contributed by atoms with Crippen LogP contribution in [0.25, 0.3) is 64.9 Å². The Kier molecular flexibility index (Phi) is 13.5. The van der Waals surface area contributed by atoms with Gasteiger partial charge in [-0.05, 0) is 109 Å². The smallest absolute Gasteiger partial charge is 0.137 e. The molecule has 2 unspecified atom stereocenters. The second-order valence-corrected chi connectivity index (χ2v) is 18.0. The molecular formula is C52H52N6O2S2. The summed E-state index contributed by atoms with van der Waals surface area (Å²) in [5, 5.41) is 26.2. The molecule has 4 heterocycles. The van der Waals surface area contributed by atoms with E-state index in [9.17, 15) is 10.5 Å². The van der Waals surface area contributed by atoms with Crippen molar-refractivity contribution in [3.05, 3.63) is 118 Å². The van der Waals surface area contributed by atoms with Crippen molar-refractivity contribution in [1.29, 1.82) is 10.5 Å². The molecule has 8 rings (SSSR count). The third-order valence-electron chi connectivity index (χ3n) is 11.8. The predicted octanol–water partition coefficient (Wildman–Crippen LogP) is 12.7. The van der Waals surface area contributed by atoms with Gasteiger partial charge in [-0.1, -0.05) is 90.5 Å². The minimum Gasteiger partial charge on any atom is -0.493 e. The number of ether oxygens (including phenoxy) is 2. The summed E-state index contributed by atoms with van der Waals surface area (Å²) in [6, 6.07) is 37.2. The van der Waals surface area contributed by atoms with Crippen LogP contribution in [0.2, 0.25) is 0 Å². The zero-order valence-electron chi connectivity index (χ0n) is 35.9. The summed E-state index contributed by atoms with van der Waals surface area (Å²) in [7, 11) is 0. The van der Waals surface area contributed by atoms with Gasteiger partial charge in [-0.2, -0.15) is 10.5 Å². The summed E-state index contributed by atoms with van der Waals surface area (Å²) in [6.45, 7) is 10.2. The molecule has 2 atom stereocenters. The van der Waals surface area contributed by atoms with E-state index in [2.05, 4.69) is 74.1 Å². The Balaban J connectivity index is 1.35. The molecule has 0 amide bonds. The highest BCUT2D eigenvalue weighted by atomic mass is 32.1. The minimum absolute atomic E-state index is 0.419. The third kappa shape index (κ3) is 8.90. The standard InChI is InChI=1S/C52H52N6O2S2/c1-5-9-15-33(7-3)31-59-37-25-21-35(22-26-37)47-45-46(50(57-47)40(30-54)52-56-42-18-12-14-20-44(42)62-52)48(36-23-27-38(28-24-36)60-32-34(8-4)16-10-6-2)58-49(45)39(29-53)51-55-41-17-11-13-19-43(41)61-51/h11-14,17-28,33-34,57-58H,5-10,15-16,31-32H2,1-4H3/b49-39-,50-40-. The first-order chi connectivity index (χ1) is 30.5. The lowest BCUT2D eigenvalue weighted by Gasteiger charge is -2.15. The van der Waals surface area contributed by atoms with Crippen LogP contribution in [0.15, 0.2) is 97.1 Å². The molecule has 4 aromatic heterocycles. The average Bonchev–Trinajstić information content (AvgIpc) is 4.11. The van der Waals surface area contributed by atoms with Crippen LogP contribution in [-0.4, -0.2) is 33.1 Å². The van der Waals surface area contributed by atoms with Gasteiger partial charge in [0, 0.05) is 10.8 Å². The van der Waals surface area contributed by atoms with E-state index in [-0.39, 0.29) is 0 Å². The lowest BCUT2D eigenvalue weighted by Crippen LogP contribution is -2.11. The number of hydrogen-bond donors (Lipinski definition) is 2. The van der Waals surface area contributed by atoms with Crippen LogP contribution in [0.5, 0.6) is 11.5 Å². The molecule has 4 aromatic carbocycles. The lowest BCUT2D eigenvalue weighted by atomic mass is 10.0. The molecule has 0 aliphatic rings. The molecule has 10 heteroatoms. The van der Waals surface area contributed by atoms with E-state index in [1.807, 2.05) is 72.8 Å². The number of nitrogens with zero attached hydrogens (tertiary/aromatic N) is 4. The number of thiazole rings is 2. The number of aromatic nitrogens is 4. The Labute approximate surface area is 371 Å². The van der Waals surface area contributed by atoms with Gasteiger partial charge in [0.1, 0.15) is 44.8 Å². The number of rotatable bonds is 18. The maximum Gasteiger partial charge on any atom is 0.137 e. The van der Waals surface area contributed by atoms with E-state index in [1.54, 1.807) is 0 Å². The van der Waals surface area contributed by atoms with Crippen molar-refractivity contribution >= 4 is 65.0 Å². The fourth-order valence-electron chi connectivity index (χ4n) is 8.10. The SMILES string of the molecule is CCCCC(CC)COc1ccc(-c2[nH]/c(=C(/C#N)c3nc4ccccc4s3)c3c(-c4ccc(OCC(CC)CCCC)cc4)[nH]/c(=C(/C#N)c4nc5ccccc5s4)c23)cc1. The molecule has 0 spiro atoms. The fourth-order valence-corrected chi connectivity index (χ4v) is 10.0. The topological polar surface area (TPSA) is 123 Å². The Morgan fingerprint density at radius 2 is 0.984 bits per heavy atom. The average molecular weight is 857 g/mol. The zero-order valence-corrected chi connectivity index (χ0v) is 37.5. The summed E-state index contributed by atoms with van der Waals surface area (Å²) < 4.78 is 14.7. The molecule has 0 radical (unpaired) electrons. The van der Waals surface area contributed by atoms with Gasteiger partial charge in [-0.25, -0.2) is 9.97 Å². The maximum absolute atomic E-state index is 11.1. The largest absolute Gasteiger partial charge is 0.493 e. The van der Waals surface area contributed by atoms with Crippen LogP contribution in [0, 0.1) is 34.5 Å². The first-order valence-corrected chi connectivity index (χ1v) is 23.6. The van der Waals surface area contributed by atoms with Crippen molar-refractivity contribution in [2.24, 2.45) is 11.8 Å². The Morgan fingerprint density at radius 1 is 0.581 bits per heavy atom. The molecule has 8 nitrogen and oxygen atoms in total. The van der Waals surface area contributed by atoms with E-state index in [0.717, 1.165) is 90.9 Å². The summed E-state index contributed by atoms with van der Waals surface area (Å²) >= 11 is 2.98. The van der Waals surface area contributed by atoms with Crippen LogP contribution in [0.3, 0.4) is 0 Å². The maximum atomic E-state index is 11.1. The number of unbranched alkanes of at least 4 members (excludes halogenated alkanes) is 2. The Bertz CT molecular complexity index is 2740. The number of nitrogens with one attached hydrogen (secondary N) is 2. The predicted molar refractivity (Wildman–Crippen MR) is 256 cm³/mol. The first-order valence-electron chi connectivity index (χ1n) is 22.0. The molecule has 2 N–H and O–H groups in total. The summed E-state index contributed by atoms with van der Waals surface area (Å²) in [5.74, 6) is 2.62.